The maximum atomic E-state index is 11.5. The minimum atomic E-state index is -0.116. The zero-order valence-corrected chi connectivity index (χ0v) is 18.7. The van der Waals surface area contributed by atoms with Crippen molar-refractivity contribution in [1.29, 1.82) is 0 Å². The van der Waals surface area contributed by atoms with Crippen molar-refractivity contribution in [2.45, 2.75) is 36.6 Å². The second-order valence-corrected chi connectivity index (χ2v) is 8.82. The monoisotopic (exact) mass is 466 g/mol. The van der Waals surface area contributed by atoms with Gasteiger partial charge in [0.15, 0.2) is 11.0 Å². The Morgan fingerprint density at radius 2 is 2.06 bits per heavy atom. The lowest BCUT2D eigenvalue weighted by atomic mass is 10.2. The normalized spacial score (nSPS) is 13.3. The molecule has 5 rings (SSSR count). The molecule has 2 aromatic heterocycles. The number of aromatic nitrogens is 5. The summed E-state index contributed by atoms with van der Waals surface area (Å²) in [5.41, 5.74) is 2.33. The van der Waals surface area contributed by atoms with Gasteiger partial charge in [-0.2, -0.15) is 4.98 Å². The van der Waals surface area contributed by atoms with Gasteiger partial charge in [-0.25, -0.2) is 0 Å². The largest absolute Gasteiger partial charge is 0.334 e. The molecule has 0 radical (unpaired) electrons. The van der Waals surface area contributed by atoms with Gasteiger partial charge in [0, 0.05) is 18.5 Å². The van der Waals surface area contributed by atoms with Crippen LogP contribution in [0.4, 0.5) is 5.69 Å². The summed E-state index contributed by atoms with van der Waals surface area (Å²) in [5, 5.41) is 17.1. The molecule has 1 fully saturated rings. The number of halogens is 1. The molecule has 2 heterocycles. The molecule has 1 N–H and O–H groups in total. The molecule has 0 bridgehead atoms. The van der Waals surface area contributed by atoms with Crippen molar-refractivity contribution in [3.63, 3.8) is 0 Å². The molecule has 10 heteroatoms. The SMILES string of the molecule is CC(=O)Nc1cccc(-n2c(SCc3noc(-c4ccccc4Cl)n3)nnc2C2CC2)c1. The van der Waals surface area contributed by atoms with Crippen molar-refractivity contribution >= 4 is 35.0 Å². The summed E-state index contributed by atoms with van der Waals surface area (Å²) in [6, 6.07) is 15.0. The van der Waals surface area contributed by atoms with Gasteiger partial charge in [-0.05, 0) is 43.2 Å². The van der Waals surface area contributed by atoms with E-state index < -0.39 is 0 Å². The molecule has 32 heavy (non-hydrogen) atoms. The van der Waals surface area contributed by atoms with E-state index >= 15 is 0 Å². The number of rotatable bonds is 7. The first kappa shape index (κ1) is 20.7. The van der Waals surface area contributed by atoms with Crippen LogP contribution < -0.4 is 5.32 Å². The Labute approximate surface area is 193 Å². The van der Waals surface area contributed by atoms with Crippen LogP contribution in [0, 0.1) is 0 Å². The van der Waals surface area contributed by atoms with Crippen molar-refractivity contribution < 1.29 is 9.32 Å². The van der Waals surface area contributed by atoms with Crippen molar-refractivity contribution in [2.24, 2.45) is 0 Å². The van der Waals surface area contributed by atoms with Gasteiger partial charge in [0.1, 0.15) is 5.82 Å². The molecule has 1 aliphatic rings. The fourth-order valence-electron chi connectivity index (χ4n) is 3.34. The zero-order chi connectivity index (χ0) is 22.1. The van der Waals surface area contributed by atoms with Crippen LogP contribution in [0.25, 0.3) is 17.1 Å². The average molecular weight is 467 g/mol. The number of nitrogens with one attached hydrogen (secondary N) is 1. The third kappa shape index (κ3) is 4.39. The zero-order valence-electron chi connectivity index (χ0n) is 17.2. The predicted octanol–water partition coefficient (Wildman–Crippen LogP) is 5.10. The topological polar surface area (TPSA) is 98.7 Å². The fourth-order valence-corrected chi connectivity index (χ4v) is 4.35. The van der Waals surface area contributed by atoms with Crippen LogP contribution in [0.3, 0.4) is 0 Å². The van der Waals surface area contributed by atoms with Crippen molar-refractivity contribution in [3.8, 4) is 17.1 Å². The van der Waals surface area contributed by atoms with Crippen molar-refractivity contribution in [2.75, 3.05) is 5.32 Å². The summed E-state index contributed by atoms with van der Waals surface area (Å²) in [6.07, 6.45) is 2.19. The van der Waals surface area contributed by atoms with E-state index in [0.717, 1.165) is 35.2 Å². The van der Waals surface area contributed by atoms with Gasteiger partial charge in [-0.1, -0.05) is 46.7 Å². The quantitative estimate of drug-likeness (QED) is 0.378. The van der Waals surface area contributed by atoms with E-state index in [1.54, 1.807) is 6.07 Å². The van der Waals surface area contributed by atoms with E-state index in [0.29, 0.717) is 34.0 Å². The van der Waals surface area contributed by atoms with Gasteiger partial charge in [0.25, 0.3) is 5.89 Å². The standard InChI is InChI=1S/C22H19ClN6O2S/c1-13(30)24-15-5-4-6-16(11-15)29-20(14-9-10-14)26-27-22(29)32-12-19-25-21(31-28-19)17-7-2-3-8-18(17)23/h2-8,11,14H,9-10,12H2,1H3,(H,24,30). The Morgan fingerprint density at radius 3 is 2.84 bits per heavy atom. The van der Waals surface area contributed by atoms with E-state index in [1.807, 2.05) is 47.0 Å². The van der Waals surface area contributed by atoms with E-state index in [4.69, 9.17) is 16.1 Å². The fraction of sp³-hybridized carbons (Fsp3) is 0.227. The smallest absolute Gasteiger partial charge is 0.259 e. The molecule has 0 saturated heterocycles. The molecule has 0 atom stereocenters. The Morgan fingerprint density at radius 1 is 1.22 bits per heavy atom. The Balaban J connectivity index is 1.40. The number of carbonyl (C=O) groups is 1. The lowest BCUT2D eigenvalue weighted by molar-refractivity contribution is -0.114. The Kier molecular flexibility index (Phi) is 5.67. The third-order valence-electron chi connectivity index (χ3n) is 4.93. The second kappa shape index (κ2) is 8.76. The highest BCUT2D eigenvalue weighted by molar-refractivity contribution is 7.98. The molecule has 1 amide bonds. The molecule has 1 aliphatic carbocycles. The van der Waals surface area contributed by atoms with Crippen LogP contribution in [0.2, 0.25) is 5.02 Å². The first-order valence-corrected chi connectivity index (χ1v) is 11.5. The molecular formula is C22H19ClN6O2S. The van der Waals surface area contributed by atoms with E-state index in [-0.39, 0.29) is 5.91 Å². The number of nitrogens with zero attached hydrogens (tertiary/aromatic N) is 5. The molecule has 1 saturated carbocycles. The number of benzene rings is 2. The summed E-state index contributed by atoms with van der Waals surface area (Å²) in [5.74, 6) is 2.60. The number of hydrogen-bond acceptors (Lipinski definition) is 7. The maximum absolute atomic E-state index is 11.5. The van der Waals surface area contributed by atoms with E-state index in [2.05, 4.69) is 25.7 Å². The minimum Gasteiger partial charge on any atom is -0.334 e. The molecule has 2 aromatic carbocycles. The number of hydrogen-bond donors (Lipinski definition) is 1. The van der Waals surface area contributed by atoms with Gasteiger partial charge < -0.3 is 9.84 Å². The number of anilines is 1. The predicted molar refractivity (Wildman–Crippen MR) is 122 cm³/mol. The summed E-state index contributed by atoms with van der Waals surface area (Å²) in [7, 11) is 0. The molecule has 4 aromatic rings. The van der Waals surface area contributed by atoms with Gasteiger partial charge in [-0.15, -0.1) is 10.2 Å². The first-order valence-electron chi connectivity index (χ1n) is 10.1. The minimum absolute atomic E-state index is 0.116. The average Bonchev–Trinajstić information content (AvgIpc) is 3.36. The van der Waals surface area contributed by atoms with Crippen LogP contribution >= 0.6 is 23.4 Å². The van der Waals surface area contributed by atoms with Gasteiger partial charge in [0.05, 0.1) is 22.0 Å². The highest BCUT2D eigenvalue weighted by Gasteiger charge is 2.31. The van der Waals surface area contributed by atoms with Crippen molar-refractivity contribution in [3.05, 3.63) is 65.2 Å². The first-order chi connectivity index (χ1) is 15.6. The number of thioether (sulfide) groups is 1. The Bertz CT molecular complexity index is 1280. The number of amides is 1. The second-order valence-electron chi connectivity index (χ2n) is 7.47. The number of carbonyl (C=O) groups excluding carboxylic acids is 1. The van der Waals surface area contributed by atoms with Crippen LogP contribution in [0.1, 0.15) is 37.3 Å². The van der Waals surface area contributed by atoms with E-state index in [1.165, 1.54) is 18.7 Å². The molecule has 162 valence electrons. The van der Waals surface area contributed by atoms with Gasteiger partial charge in [0.2, 0.25) is 5.91 Å². The van der Waals surface area contributed by atoms with Crippen LogP contribution in [0.15, 0.2) is 58.2 Å². The molecule has 0 unspecified atom stereocenters. The highest BCUT2D eigenvalue weighted by atomic mass is 35.5. The Hall–Kier alpha value is -3.17. The molecular weight excluding hydrogens is 448 g/mol. The van der Waals surface area contributed by atoms with Crippen molar-refractivity contribution in [1.82, 2.24) is 24.9 Å². The van der Waals surface area contributed by atoms with Gasteiger partial charge >= 0.3 is 0 Å². The van der Waals surface area contributed by atoms with Crippen LogP contribution in [-0.2, 0) is 10.5 Å². The third-order valence-corrected chi connectivity index (χ3v) is 6.18. The highest BCUT2D eigenvalue weighted by Crippen LogP contribution is 2.41. The summed E-state index contributed by atoms with van der Waals surface area (Å²) >= 11 is 7.71. The summed E-state index contributed by atoms with van der Waals surface area (Å²) in [6.45, 7) is 1.49. The summed E-state index contributed by atoms with van der Waals surface area (Å²) in [4.78, 5) is 15.9. The molecule has 0 spiro atoms. The van der Waals surface area contributed by atoms with Crippen LogP contribution in [-0.4, -0.2) is 30.8 Å². The van der Waals surface area contributed by atoms with Crippen LogP contribution in [0.5, 0.6) is 0 Å². The van der Waals surface area contributed by atoms with Gasteiger partial charge in [-0.3, -0.25) is 9.36 Å². The summed E-state index contributed by atoms with van der Waals surface area (Å²) < 4.78 is 7.44. The lowest BCUT2D eigenvalue weighted by Crippen LogP contribution is -2.07. The lowest BCUT2D eigenvalue weighted by Gasteiger charge is -2.11. The molecule has 8 nitrogen and oxygen atoms in total. The maximum Gasteiger partial charge on any atom is 0.259 e. The molecule has 0 aliphatic heterocycles. The van der Waals surface area contributed by atoms with E-state index in [9.17, 15) is 4.79 Å².